The number of carbonyl (C=O) groups is 1. The SMILES string of the molecule is Cc1ccc(S(=O)(=O)N2CCN(C(=O)/C(=C/c3ccccc3Cl)c3ccccc3)CC2)cc1. The first kappa shape index (κ1) is 23.2. The molecule has 7 heteroatoms. The second-order valence-corrected chi connectivity index (χ2v) is 10.3. The summed E-state index contributed by atoms with van der Waals surface area (Å²) in [4.78, 5) is 15.5. The van der Waals surface area contributed by atoms with Crippen molar-refractivity contribution in [1.29, 1.82) is 0 Å². The van der Waals surface area contributed by atoms with Gasteiger partial charge in [0.05, 0.1) is 4.90 Å². The van der Waals surface area contributed by atoms with Crippen molar-refractivity contribution in [2.45, 2.75) is 11.8 Å². The standard InChI is InChI=1S/C26H25ClN2O3S/c1-20-11-13-23(14-12-20)33(31,32)29-17-15-28(16-18-29)26(30)24(21-7-3-2-4-8-21)19-22-9-5-6-10-25(22)27/h2-14,19H,15-18H2,1H3/b24-19+. The maximum atomic E-state index is 13.5. The molecule has 1 amide bonds. The molecule has 3 aromatic carbocycles. The molecule has 1 fully saturated rings. The number of hydrogen-bond donors (Lipinski definition) is 0. The van der Waals surface area contributed by atoms with Gasteiger partial charge in [-0.15, -0.1) is 0 Å². The van der Waals surface area contributed by atoms with Gasteiger partial charge in [0.1, 0.15) is 0 Å². The highest BCUT2D eigenvalue weighted by atomic mass is 35.5. The van der Waals surface area contributed by atoms with Crippen LogP contribution in [0.4, 0.5) is 0 Å². The fourth-order valence-corrected chi connectivity index (χ4v) is 5.41. The molecule has 0 saturated carbocycles. The van der Waals surface area contributed by atoms with Crippen molar-refractivity contribution in [1.82, 2.24) is 9.21 Å². The summed E-state index contributed by atoms with van der Waals surface area (Å²) < 4.78 is 27.5. The van der Waals surface area contributed by atoms with Crippen LogP contribution in [0.25, 0.3) is 11.6 Å². The molecule has 33 heavy (non-hydrogen) atoms. The van der Waals surface area contributed by atoms with Crippen molar-refractivity contribution in [3.8, 4) is 0 Å². The van der Waals surface area contributed by atoms with Gasteiger partial charge in [-0.2, -0.15) is 4.31 Å². The van der Waals surface area contributed by atoms with Gasteiger partial charge in [0.2, 0.25) is 10.0 Å². The Bertz CT molecular complexity index is 1260. The lowest BCUT2D eigenvalue weighted by molar-refractivity contribution is -0.126. The monoisotopic (exact) mass is 480 g/mol. The highest BCUT2D eigenvalue weighted by Crippen LogP contribution is 2.26. The summed E-state index contributed by atoms with van der Waals surface area (Å²) in [6, 6.07) is 23.6. The van der Waals surface area contributed by atoms with Crippen molar-refractivity contribution >= 4 is 39.2 Å². The largest absolute Gasteiger partial charge is 0.336 e. The van der Waals surface area contributed by atoms with E-state index in [1.807, 2.05) is 55.5 Å². The van der Waals surface area contributed by atoms with E-state index < -0.39 is 10.0 Å². The van der Waals surface area contributed by atoms with Gasteiger partial charge in [-0.05, 0) is 42.3 Å². The van der Waals surface area contributed by atoms with E-state index in [2.05, 4.69) is 0 Å². The third-order valence-corrected chi connectivity index (χ3v) is 7.96. The van der Waals surface area contributed by atoms with Crippen LogP contribution in [-0.4, -0.2) is 49.7 Å². The van der Waals surface area contributed by atoms with Gasteiger partial charge in [0.25, 0.3) is 5.91 Å². The lowest BCUT2D eigenvalue weighted by Gasteiger charge is -2.34. The van der Waals surface area contributed by atoms with Crippen LogP contribution in [0.5, 0.6) is 0 Å². The van der Waals surface area contributed by atoms with Crippen molar-refractivity contribution < 1.29 is 13.2 Å². The molecule has 0 atom stereocenters. The molecule has 0 unspecified atom stereocenters. The van der Waals surface area contributed by atoms with Gasteiger partial charge in [0, 0.05) is 36.8 Å². The predicted octanol–water partition coefficient (Wildman–Crippen LogP) is 4.72. The molecule has 0 radical (unpaired) electrons. The Hall–Kier alpha value is -2.93. The first-order valence-corrected chi connectivity index (χ1v) is 12.6. The van der Waals surface area contributed by atoms with Crippen LogP contribution in [0.3, 0.4) is 0 Å². The third-order valence-electron chi connectivity index (χ3n) is 5.70. The number of aryl methyl sites for hydroxylation is 1. The van der Waals surface area contributed by atoms with Gasteiger partial charge >= 0.3 is 0 Å². The zero-order chi connectivity index (χ0) is 23.4. The Labute approximate surface area is 200 Å². The Balaban J connectivity index is 1.55. The Morgan fingerprint density at radius 3 is 2.09 bits per heavy atom. The normalized spacial score (nSPS) is 15.5. The molecule has 1 saturated heterocycles. The number of amides is 1. The van der Waals surface area contributed by atoms with Gasteiger partial charge in [-0.25, -0.2) is 8.42 Å². The molecule has 0 aliphatic carbocycles. The summed E-state index contributed by atoms with van der Waals surface area (Å²) in [5, 5.41) is 0.563. The van der Waals surface area contributed by atoms with E-state index in [1.165, 1.54) is 4.31 Å². The van der Waals surface area contributed by atoms with E-state index >= 15 is 0 Å². The van der Waals surface area contributed by atoms with Gasteiger partial charge in [0.15, 0.2) is 0 Å². The molecule has 1 heterocycles. The summed E-state index contributed by atoms with van der Waals surface area (Å²) >= 11 is 6.34. The summed E-state index contributed by atoms with van der Waals surface area (Å²) in [5.41, 5.74) is 3.07. The van der Waals surface area contributed by atoms with E-state index in [1.54, 1.807) is 41.3 Å². The minimum atomic E-state index is -3.59. The van der Waals surface area contributed by atoms with E-state index in [0.717, 1.165) is 16.7 Å². The molecule has 5 nitrogen and oxygen atoms in total. The van der Waals surface area contributed by atoms with Crippen LogP contribution in [0, 0.1) is 6.92 Å². The molecular formula is C26H25ClN2O3S. The molecule has 4 rings (SSSR count). The number of piperazine rings is 1. The zero-order valence-electron chi connectivity index (χ0n) is 18.3. The van der Waals surface area contributed by atoms with Crippen LogP contribution in [-0.2, 0) is 14.8 Å². The van der Waals surface area contributed by atoms with Crippen molar-refractivity contribution in [3.63, 3.8) is 0 Å². The maximum absolute atomic E-state index is 13.5. The number of benzene rings is 3. The number of rotatable bonds is 5. The summed E-state index contributed by atoms with van der Waals surface area (Å²) in [7, 11) is -3.59. The third kappa shape index (κ3) is 5.19. The molecule has 0 N–H and O–H groups in total. The Morgan fingerprint density at radius 2 is 1.45 bits per heavy atom. The molecule has 3 aromatic rings. The summed E-state index contributed by atoms with van der Waals surface area (Å²) in [6.07, 6.45) is 1.80. The Morgan fingerprint density at radius 1 is 0.848 bits per heavy atom. The molecule has 0 aromatic heterocycles. The van der Waals surface area contributed by atoms with Crippen molar-refractivity contribution in [2.24, 2.45) is 0 Å². The van der Waals surface area contributed by atoms with E-state index in [-0.39, 0.29) is 23.9 Å². The molecule has 1 aliphatic rings. The number of hydrogen-bond acceptors (Lipinski definition) is 3. The van der Waals surface area contributed by atoms with E-state index in [4.69, 9.17) is 11.6 Å². The average molecular weight is 481 g/mol. The quantitative estimate of drug-likeness (QED) is 0.392. The molecule has 0 bridgehead atoms. The first-order chi connectivity index (χ1) is 15.9. The molecular weight excluding hydrogens is 456 g/mol. The summed E-state index contributed by atoms with van der Waals surface area (Å²) in [5.74, 6) is -0.145. The number of halogens is 1. The fourth-order valence-electron chi connectivity index (χ4n) is 3.80. The first-order valence-electron chi connectivity index (χ1n) is 10.7. The predicted molar refractivity (Wildman–Crippen MR) is 132 cm³/mol. The second kappa shape index (κ2) is 9.91. The smallest absolute Gasteiger partial charge is 0.254 e. The number of sulfonamides is 1. The fraction of sp³-hybridized carbons (Fsp3) is 0.192. The Kier molecular flexibility index (Phi) is 6.98. The maximum Gasteiger partial charge on any atom is 0.254 e. The average Bonchev–Trinajstić information content (AvgIpc) is 2.84. The minimum Gasteiger partial charge on any atom is -0.336 e. The lowest BCUT2D eigenvalue weighted by Crippen LogP contribution is -2.50. The van der Waals surface area contributed by atoms with Crippen LogP contribution < -0.4 is 0 Å². The lowest BCUT2D eigenvalue weighted by atomic mass is 10.0. The highest BCUT2D eigenvalue weighted by Gasteiger charge is 2.31. The number of nitrogens with zero attached hydrogens (tertiary/aromatic N) is 2. The molecule has 170 valence electrons. The minimum absolute atomic E-state index is 0.145. The van der Waals surface area contributed by atoms with Gasteiger partial charge in [-0.3, -0.25) is 4.79 Å². The number of carbonyl (C=O) groups excluding carboxylic acids is 1. The topological polar surface area (TPSA) is 57.7 Å². The van der Waals surface area contributed by atoms with Crippen LogP contribution >= 0.6 is 11.6 Å². The van der Waals surface area contributed by atoms with E-state index in [9.17, 15) is 13.2 Å². The van der Waals surface area contributed by atoms with E-state index in [0.29, 0.717) is 23.7 Å². The van der Waals surface area contributed by atoms with Gasteiger partial charge < -0.3 is 4.90 Å². The molecule has 0 spiro atoms. The second-order valence-electron chi connectivity index (χ2n) is 7.95. The van der Waals surface area contributed by atoms with Crippen molar-refractivity contribution in [3.05, 3.63) is 101 Å². The van der Waals surface area contributed by atoms with Crippen LogP contribution in [0.15, 0.2) is 83.8 Å². The van der Waals surface area contributed by atoms with Crippen LogP contribution in [0.2, 0.25) is 5.02 Å². The van der Waals surface area contributed by atoms with Gasteiger partial charge in [-0.1, -0.05) is 77.8 Å². The zero-order valence-corrected chi connectivity index (χ0v) is 19.9. The van der Waals surface area contributed by atoms with Crippen molar-refractivity contribution in [2.75, 3.05) is 26.2 Å². The summed E-state index contributed by atoms with van der Waals surface area (Å²) in [6.45, 7) is 3.04. The molecule has 1 aliphatic heterocycles. The highest BCUT2D eigenvalue weighted by molar-refractivity contribution is 7.89. The van der Waals surface area contributed by atoms with Crippen LogP contribution in [0.1, 0.15) is 16.7 Å².